The van der Waals surface area contributed by atoms with Crippen molar-refractivity contribution in [2.24, 2.45) is 5.92 Å². The van der Waals surface area contributed by atoms with Crippen molar-refractivity contribution in [1.29, 1.82) is 0 Å². The highest BCUT2D eigenvalue weighted by atomic mass is 32.2. The first kappa shape index (κ1) is 19.2. The monoisotopic (exact) mass is 380 g/mol. The number of hydrogen-bond acceptors (Lipinski definition) is 4. The van der Waals surface area contributed by atoms with Gasteiger partial charge < -0.3 is 9.64 Å². The number of nitrogens with zero attached hydrogens (tertiary/aromatic N) is 2. The Bertz CT molecular complexity index is 757. The van der Waals surface area contributed by atoms with E-state index in [9.17, 15) is 13.2 Å². The quantitative estimate of drug-likeness (QED) is 0.805. The predicted octanol–water partition coefficient (Wildman–Crippen LogP) is 2.42. The Morgan fingerprint density at radius 1 is 1.12 bits per heavy atom. The minimum Gasteiger partial charge on any atom is -0.496 e. The van der Waals surface area contributed by atoms with Crippen molar-refractivity contribution in [3.05, 3.63) is 23.8 Å². The average molecular weight is 381 g/mol. The number of hydrogen-bond donors (Lipinski definition) is 0. The van der Waals surface area contributed by atoms with Gasteiger partial charge in [0.05, 0.1) is 17.9 Å². The van der Waals surface area contributed by atoms with Crippen LogP contribution in [0.4, 0.5) is 0 Å². The molecule has 2 heterocycles. The second-order valence-corrected chi connectivity index (χ2v) is 9.16. The molecule has 144 valence electrons. The number of carbonyl (C=O) groups is 1. The molecule has 1 aromatic carbocycles. The van der Waals surface area contributed by atoms with E-state index < -0.39 is 10.0 Å². The van der Waals surface area contributed by atoms with E-state index in [4.69, 9.17) is 4.74 Å². The third kappa shape index (κ3) is 3.88. The van der Waals surface area contributed by atoms with Gasteiger partial charge in [-0.25, -0.2) is 8.42 Å². The van der Waals surface area contributed by atoms with Crippen LogP contribution in [0.2, 0.25) is 0 Å². The molecule has 0 aromatic heterocycles. The van der Waals surface area contributed by atoms with Crippen LogP contribution in [0.15, 0.2) is 23.1 Å². The third-order valence-corrected chi connectivity index (χ3v) is 7.27. The second kappa shape index (κ2) is 7.96. The first-order chi connectivity index (χ1) is 12.4. The largest absolute Gasteiger partial charge is 0.496 e. The number of likely N-dealkylation sites (tertiary alicyclic amines) is 1. The summed E-state index contributed by atoms with van der Waals surface area (Å²) in [5, 5.41) is 0. The molecule has 2 aliphatic heterocycles. The van der Waals surface area contributed by atoms with Crippen LogP contribution in [0.3, 0.4) is 0 Å². The molecule has 1 aromatic rings. The molecule has 2 aliphatic rings. The van der Waals surface area contributed by atoms with E-state index >= 15 is 0 Å². The number of aryl methyl sites for hydroxylation is 1. The summed E-state index contributed by atoms with van der Waals surface area (Å²) in [6, 6.07) is 4.91. The maximum absolute atomic E-state index is 13.0. The number of ether oxygens (including phenoxy) is 1. The molecule has 2 saturated heterocycles. The summed E-state index contributed by atoms with van der Waals surface area (Å²) >= 11 is 0. The minimum absolute atomic E-state index is 0.121. The summed E-state index contributed by atoms with van der Waals surface area (Å²) in [4.78, 5) is 15.0. The van der Waals surface area contributed by atoms with Crippen molar-refractivity contribution < 1.29 is 17.9 Å². The number of benzene rings is 1. The van der Waals surface area contributed by atoms with Crippen LogP contribution in [0.25, 0.3) is 0 Å². The Balaban J connectivity index is 1.75. The van der Waals surface area contributed by atoms with Gasteiger partial charge in [0, 0.05) is 26.2 Å². The fraction of sp³-hybridized carbons (Fsp3) is 0.632. The minimum atomic E-state index is -3.60. The van der Waals surface area contributed by atoms with E-state index in [1.165, 1.54) is 10.7 Å². The molecule has 3 rings (SSSR count). The van der Waals surface area contributed by atoms with Gasteiger partial charge >= 0.3 is 0 Å². The lowest BCUT2D eigenvalue weighted by atomic mass is 9.97. The second-order valence-electron chi connectivity index (χ2n) is 7.22. The first-order valence-corrected chi connectivity index (χ1v) is 10.8. The maximum atomic E-state index is 13.0. The topological polar surface area (TPSA) is 66.9 Å². The van der Waals surface area contributed by atoms with Gasteiger partial charge in [-0.1, -0.05) is 0 Å². The van der Waals surface area contributed by atoms with Crippen LogP contribution in [0.1, 0.15) is 37.7 Å². The van der Waals surface area contributed by atoms with Crippen LogP contribution in [0, 0.1) is 12.8 Å². The molecular weight excluding hydrogens is 352 g/mol. The number of sulfonamides is 1. The number of rotatable bonds is 4. The van der Waals surface area contributed by atoms with E-state index in [2.05, 4.69) is 0 Å². The van der Waals surface area contributed by atoms with Crippen molar-refractivity contribution in [3.8, 4) is 5.75 Å². The van der Waals surface area contributed by atoms with Gasteiger partial charge in [-0.15, -0.1) is 0 Å². The van der Waals surface area contributed by atoms with E-state index in [1.54, 1.807) is 25.3 Å². The van der Waals surface area contributed by atoms with Gasteiger partial charge in [-0.2, -0.15) is 4.31 Å². The molecule has 1 unspecified atom stereocenters. The fourth-order valence-corrected chi connectivity index (χ4v) is 5.50. The number of piperidine rings is 2. The highest BCUT2D eigenvalue weighted by Gasteiger charge is 2.35. The molecule has 2 fully saturated rings. The zero-order valence-corrected chi connectivity index (χ0v) is 16.4. The van der Waals surface area contributed by atoms with Gasteiger partial charge in [-0.05, 0) is 62.8 Å². The van der Waals surface area contributed by atoms with E-state index in [0.717, 1.165) is 44.3 Å². The maximum Gasteiger partial charge on any atom is 0.243 e. The van der Waals surface area contributed by atoms with E-state index in [1.807, 2.05) is 11.8 Å². The summed E-state index contributed by atoms with van der Waals surface area (Å²) < 4.78 is 32.8. The first-order valence-electron chi connectivity index (χ1n) is 9.37. The Labute approximate surface area is 156 Å². The molecule has 0 saturated carbocycles. The third-order valence-electron chi connectivity index (χ3n) is 5.41. The number of amides is 1. The Hall–Kier alpha value is -1.60. The molecule has 0 N–H and O–H groups in total. The van der Waals surface area contributed by atoms with Crippen LogP contribution in [-0.2, 0) is 14.8 Å². The lowest BCUT2D eigenvalue weighted by Crippen LogP contribution is -2.47. The van der Waals surface area contributed by atoms with Crippen molar-refractivity contribution in [3.63, 3.8) is 0 Å². The van der Waals surface area contributed by atoms with Gasteiger partial charge in [0.1, 0.15) is 5.75 Å². The smallest absolute Gasteiger partial charge is 0.243 e. The van der Waals surface area contributed by atoms with Gasteiger partial charge in [0.25, 0.3) is 0 Å². The lowest BCUT2D eigenvalue weighted by Gasteiger charge is -2.35. The highest BCUT2D eigenvalue weighted by Crippen LogP contribution is 2.28. The molecule has 6 nitrogen and oxygen atoms in total. The Morgan fingerprint density at radius 3 is 2.50 bits per heavy atom. The standard InChI is InChI=1S/C19H28N2O4S/c1-15-13-17(8-9-18(15)25-2)26(23,24)21-12-6-7-16(14-21)19(22)20-10-4-3-5-11-20/h8-9,13,16H,3-7,10-12,14H2,1-2H3. The van der Waals surface area contributed by atoms with Crippen LogP contribution in [0.5, 0.6) is 5.75 Å². The summed E-state index contributed by atoms with van der Waals surface area (Å²) in [7, 11) is -2.03. The zero-order valence-electron chi connectivity index (χ0n) is 15.6. The SMILES string of the molecule is COc1ccc(S(=O)(=O)N2CCCC(C(=O)N3CCCCC3)C2)cc1C. The lowest BCUT2D eigenvalue weighted by molar-refractivity contribution is -0.137. The van der Waals surface area contributed by atoms with Crippen LogP contribution >= 0.6 is 0 Å². The van der Waals surface area contributed by atoms with E-state index in [0.29, 0.717) is 12.3 Å². The fourth-order valence-electron chi connectivity index (χ4n) is 3.90. The van der Waals surface area contributed by atoms with Crippen molar-refractivity contribution in [2.45, 2.75) is 43.9 Å². The molecular formula is C19H28N2O4S. The average Bonchev–Trinajstić information content (AvgIpc) is 2.68. The zero-order chi connectivity index (χ0) is 18.7. The van der Waals surface area contributed by atoms with Crippen molar-refractivity contribution >= 4 is 15.9 Å². The summed E-state index contributed by atoms with van der Waals surface area (Å²) in [5.41, 5.74) is 0.784. The van der Waals surface area contributed by atoms with Gasteiger partial charge in [0.2, 0.25) is 15.9 Å². The highest BCUT2D eigenvalue weighted by molar-refractivity contribution is 7.89. The normalized spacial score (nSPS) is 22.2. The van der Waals surface area contributed by atoms with Crippen LogP contribution < -0.4 is 4.74 Å². The molecule has 26 heavy (non-hydrogen) atoms. The summed E-state index contributed by atoms with van der Waals surface area (Å²) in [6.07, 6.45) is 4.75. The molecule has 0 aliphatic carbocycles. The molecule has 0 radical (unpaired) electrons. The molecule has 1 amide bonds. The van der Waals surface area contributed by atoms with Crippen LogP contribution in [-0.4, -0.2) is 56.8 Å². The van der Waals surface area contributed by atoms with E-state index in [-0.39, 0.29) is 23.3 Å². The molecule has 7 heteroatoms. The number of carbonyl (C=O) groups excluding carboxylic acids is 1. The van der Waals surface area contributed by atoms with Crippen molar-refractivity contribution in [2.75, 3.05) is 33.3 Å². The Morgan fingerprint density at radius 2 is 1.85 bits per heavy atom. The molecule has 1 atom stereocenters. The van der Waals surface area contributed by atoms with Gasteiger partial charge in [0.15, 0.2) is 0 Å². The summed E-state index contributed by atoms with van der Waals surface area (Å²) in [6.45, 7) is 4.19. The number of methoxy groups -OCH3 is 1. The summed E-state index contributed by atoms with van der Waals surface area (Å²) in [5.74, 6) is 0.562. The van der Waals surface area contributed by atoms with Gasteiger partial charge in [-0.3, -0.25) is 4.79 Å². The van der Waals surface area contributed by atoms with Crippen molar-refractivity contribution in [1.82, 2.24) is 9.21 Å². The predicted molar refractivity (Wildman–Crippen MR) is 99.6 cm³/mol. The Kier molecular flexibility index (Phi) is 5.87. The molecule has 0 spiro atoms. The molecule has 0 bridgehead atoms.